The molecule has 1 saturated heterocycles. The number of pyridine rings is 1. The summed E-state index contributed by atoms with van der Waals surface area (Å²) in [5, 5.41) is 4.04. The first-order chi connectivity index (χ1) is 16.2. The van der Waals surface area contributed by atoms with Crippen LogP contribution < -0.4 is 10.9 Å². The third kappa shape index (κ3) is 4.11. The van der Waals surface area contributed by atoms with Crippen LogP contribution in [0.5, 0.6) is 0 Å². The first kappa shape index (κ1) is 23.0. The lowest BCUT2D eigenvalue weighted by molar-refractivity contribution is 0.152. The highest BCUT2D eigenvalue weighted by Crippen LogP contribution is 2.32. The molecule has 0 amide bonds. The van der Waals surface area contributed by atoms with E-state index in [4.69, 9.17) is 0 Å². The minimum absolute atomic E-state index is 0.0412. The summed E-state index contributed by atoms with van der Waals surface area (Å²) in [6, 6.07) is 8.59. The lowest BCUT2D eigenvalue weighted by Gasteiger charge is -2.40. The second kappa shape index (κ2) is 8.78. The van der Waals surface area contributed by atoms with Crippen LogP contribution in [-0.2, 0) is 10.0 Å². The number of sulfonamides is 1. The molecule has 0 bridgehead atoms. The minimum Gasteiger partial charge on any atom is -0.324 e. The molecule has 2 aromatic heterocycles. The van der Waals surface area contributed by atoms with Gasteiger partial charge in [0.15, 0.2) is 0 Å². The number of anilines is 2. The fourth-order valence-electron chi connectivity index (χ4n) is 4.91. The Bertz CT molecular complexity index is 1390. The molecule has 0 radical (unpaired) electrons. The first-order valence-corrected chi connectivity index (χ1v) is 13.4. The number of aryl methyl sites for hydroxylation is 1. The summed E-state index contributed by atoms with van der Waals surface area (Å²) in [4.78, 5) is 22.0. The molecule has 2 aliphatic rings. The Kier molecular flexibility index (Phi) is 5.93. The van der Waals surface area contributed by atoms with Crippen LogP contribution in [0, 0.1) is 18.8 Å². The standard InChI is InChI=1S/C25H31N5O3S/c1-16(2)19-14-29(15-19)34(32,33)21-9-10-22(17(3)12-21)27-25-26-13-18-8-11-23(31)30(24(18)28-25)20-6-4-5-7-20/h8-13,16,19-20H,4-7,14-15H2,1-3H3,(H,26,27,28). The summed E-state index contributed by atoms with van der Waals surface area (Å²) in [6.07, 6.45) is 5.92. The number of nitrogens with one attached hydrogen (secondary N) is 1. The summed E-state index contributed by atoms with van der Waals surface area (Å²) < 4.78 is 29.3. The average molecular weight is 482 g/mol. The monoisotopic (exact) mass is 481 g/mol. The van der Waals surface area contributed by atoms with Gasteiger partial charge < -0.3 is 5.32 Å². The fraction of sp³-hybridized carbons (Fsp3) is 0.480. The molecule has 34 heavy (non-hydrogen) atoms. The van der Waals surface area contributed by atoms with Crippen LogP contribution in [0.15, 0.2) is 46.2 Å². The molecule has 1 aliphatic carbocycles. The van der Waals surface area contributed by atoms with Crippen LogP contribution in [0.1, 0.15) is 51.1 Å². The molecule has 2 fully saturated rings. The van der Waals surface area contributed by atoms with Crippen molar-refractivity contribution >= 4 is 32.7 Å². The first-order valence-electron chi connectivity index (χ1n) is 12.0. The van der Waals surface area contributed by atoms with E-state index < -0.39 is 10.0 Å². The Morgan fingerprint density at radius 2 is 1.82 bits per heavy atom. The number of benzene rings is 1. The quantitative estimate of drug-likeness (QED) is 0.566. The van der Waals surface area contributed by atoms with Gasteiger partial charge in [-0.15, -0.1) is 0 Å². The molecule has 5 rings (SSSR count). The summed E-state index contributed by atoms with van der Waals surface area (Å²) in [5.74, 6) is 1.28. The number of hydrogen-bond acceptors (Lipinski definition) is 6. The zero-order valence-corrected chi connectivity index (χ0v) is 20.7. The van der Waals surface area contributed by atoms with Crippen LogP contribution in [0.25, 0.3) is 11.0 Å². The Morgan fingerprint density at radius 1 is 1.09 bits per heavy atom. The van der Waals surface area contributed by atoms with Gasteiger partial charge in [0.25, 0.3) is 5.56 Å². The fourth-order valence-corrected chi connectivity index (χ4v) is 6.55. The van der Waals surface area contributed by atoms with Gasteiger partial charge in [-0.3, -0.25) is 9.36 Å². The van der Waals surface area contributed by atoms with Crippen molar-refractivity contribution in [2.75, 3.05) is 18.4 Å². The molecule has 1 aromatic carbocycles. The molecule has 1 aliphatic heterocycles. The zero-order chi connectivity index (χ0) is 24.0. The van der Waals surface area contributed by atoms with Crippen molar-refractivity contribution in [3.05, 3.63) is 52.4 Å². The smallest absolute Gasteiger partial charge is 0.252 e. The van der Waals surface area contributed by atoms with Gasteiger partial charge in [-0.05, 0) is 61.4 Å². The maximum absolute atomic E-state index is 13.0. The highest BCUT2D eigenvalue weighted by atomic mass is 32.2. The predicted octanol–water partition coefficient (Wildman–Crippen LogP) is 4.24. The van der Waals surface area contributed by atoms with E-state index in [1.807, 2.05) is 6.92 Å². The van der Waals surface area contributed by atoms with Crippen LogP contribution in [0.3, 0.4) is 0 Å². The van der Waals surface area contributed by atoms with Gasteiger partial charge >= 0.3 is 0 Å². The molecule has 0 spiro atoms. The van der Waals surface area contributed by atoms with E-state index in [1.165, 1.54) is 0 Å². The second-order valence-corrected chi connectivity index (χ2v) is 11.8. The third-order valence-electron chi connectivity index (χ3n) is 7.26. The summed E-state index contributed by atoms with van der Waals surface area (Å²) in [6.45, 7) is 7.27. The molecular weight excluding hydrogens is 450 g/mol. The molecule has 3 heterocycles. The molecule has 8 nitrogen and oxygen atoms in total. The van der Waals surface area contributed by atoms with Crippen LogP contribution in [0.2, 0.25) is 0 Å². The topological polar surface area (TPSA) is 97.2 Å². The lowest BCUT2D eigenvalue weighted by atomic mass is 9.91. The van der Waals surface area contributed by atoms with Gasteiger partial charge in [-0.2, -0.15) is 9.29 Å². The van der Waals surface area contributed by atoms with Crippen molar-refractivity contribution in [3.8, 4) is 0 Å². The molecule has 3 aromatic rings. The Morgan fingerprint density at radius 3 is 2.50 bits per heavy atom. The maximum atomic E-state index is 13.0. The van der Waals surface area contributed by atoms with Crippen LogP contribution in [0.4, 0.5) is 11.6 Å². The van der Waals surface area contributed by atoms with Crippen molar-refractivity contribution in [2.45, 2.75) is 57.4 Å². The van der Waals surface area contributed by atoms with Crippen LogP contribution in [-0.4, -0.2) is 40.3 Å². The Labute approximate surface area is 200 Å². The van der Waals surface area contributed by atoms with E-state index in [1.54, 1.807) is 45.4 Å². The second-order valence-electron chi connectivity index (χ2n) is 9.88. The van der Waals surface area contributed by atoms with Gasteiger partial charge in [0.05, 0.1) is 4.90 Å². The van der Waals surface area contributed by atoms with E-state index in [0.717, 1.165) is 42.3 Å². The number of fused-ring (bicyclic) bond motifs is 1. The molecule has 0 atom stereocenters. The molecule has 1 saturated carbocycles. The molecule has 180 valence electrons. The molecule has 1 N–H and O–H groups in total. The van der Waals surface area contributed by atoms with Crippen LogP contribution >= 0.6 is 0 Å². The van der Waals surface area contributed by atoms with Gasteiger partial charge in [0.1, 0.15) is 5.65 Å². The Balaban J connectivity index is 1.41. The summed E-state index contributed by atoms with van der Waals surface area (Å²) in [7, 11) is -3.49. The summed E-state index contributed by atoms with van der Waals surface area (Å²) in [5.41, 5.74) is 2.10. The largest absolute Gasteiger partial charge is 0.324 e. The SMILES string of the molecule is Cc1cc(S(=O)(=O)N2CC(C(C)C)C2)ccc1Nc1ncc2ccc(=O)n(C3CCCC3)c2n1. The molecular formula is C25H31N5O3S. The van der Waals surface area contributed by atoms with Crippen molar-refractivity contribution in [2.24, 2.45) is 11.8 Å². The van der Waals surface area contributed by atoms with Gasteiger partial charge in [-0.25, -0.2) is 13.4 Å². The summed E-state index contributed by atoms with van der Waals surface area (Å²) >= 11 is 0. The van der Waals surface area contributed by atoms with Gasteiger partial charge in [0.2, 0.25) is 16.0 Å². The van der Waals surface area contributed by atoms with Crippen molar-refractivity contribution in [1.82, 2.24) is 18.8 Å². The van der Waals surface area contributed by atoms with E-state index in [2.05, 4.69) is 29.1 Å². The minimum atomic E-state index is -3.49. The number of hydrogen-bond donors (Lipinski definition) is 1. The van der Waals surface area contributed by atoms with Crippen molar-refractivity contribution in [3.63, 3.8) is 0 Å². The average Bonchev–Trinajstić information content (AvgIpc) is 3.27. The Hall–Kier alpha value is -2.78. The van der Waals surface area contributed by atoms with E-state index >= 15 is 0 Å². The number of aromatic nitrogens is 3. The molecule has 0 unspecified atom stereocenters. The lowest BCUT2D eigenvalue weighted by Crippen LogP contribution is -2.51. The normalized spacial score (nSPS) is 18.0. The van der Waals surface area contributed by atoms with Gasteiger partial charge in [0, 0.05) is 42.5 Å². The predicted molar refractivity (Wildman–Crippen MR) is 133 cm³/mol. The zero-order valence-electron chi connectivity index (χ0n) is 19.9. The third-order valence-corrected chi connectivity index (χ3v) is 9.09. The van der Waals surface area contributed by atoms with E-state index in [9.17, 15) is 13.2 Å². The maximum Gasteiger partial charge on any atom is 0.252 e. The number of rotatable bonds is 6. The van der Waals surface area contributed by atoms with E-state index in [0.29, 0.717) is 41.4 Å². The van der Waals surface area contributed by atoms with Crippen molar-refractivity contribution in [1.29, 1.82) is 0 Å². The van der Waals surface area contributed by atoms with E-state index in [-0.39, 0.29) is 11.6 Å². The van der Waals surface area contributed by atoms with Crippen molar-refractivity contribution < 1.29 is 8.42 Å². The highest BCUT2D eigenvalue weighted by Gasteiger charge is 2.38. The number of nitrogens with zero attached hydrogens (tertiary/aromatic N) is 4. The van der Waals surface area contributed by atoms with Gasteiger partial charge in [-0.1, -0.05) is 26.7 Å². The highest BCUT2D eigenvalue weighted by molar-refractivity contribution is 7.89. The molecule has 9 heteroatoms.